The fraction of sp³-hybridized carbons (Fsp3) is 0.429. The molecule has 156 valence electrons. The maximum Gasteiger partial charge on any atom is 0.319 e. The molecule has 1 aromatic carbocycles. The molecule has 3 rings (SSSR count). The van der Waals surface area contributed by atoms with Gasteiger partial charge in [-0.05, 0) is 55.7 Å². The summed E-state index contributed by atoms with van der Waals surface area (Å²) in [5.74, 6) is 0.699. The van der Waals surface area contributed by atoms with Gasteiger partial charge in [-0.15, -0.1) is 0 Å². The normalized spacial score (nSPS) is 17.4. The molecule has 2 aromatic rings. The van der Waals surface area contributed by atoms with Gasteiger partial charge < -0.3 is 10.6 Å². The van der Waals surface area contributed by atoms with Gasteiger partial charge in [0.25, 0.3) is 0 Å². The number of piperidine rings is 1. The molecule has 0 radical (unpaired) electrons. The van der Waals surface area contributed by atoms with Crippen LogP contribution in [0.25, 0.3) is 0 Å². The number of aromatic nitrogens is 1. The molecule has 1 aromatic heterocycles. The van der Waals surface area contributed by atoms with Gasteiger partial charge in [0.1, 0.15) is 0 Å². The lowest BCUT2D eigenvalue weighted by molar-refractivity contribution is 0.219. The highest BCUT2D eigenvalue weighted by Crippen LogP contribution is 2.34. The van der Waals surface area contributed by atoms with E-state index in [1.807, 2.05) is 53.7 Å². The topological polar surface area (TPSA) is 74.3 Å². The van der Waals surface area contributed by atoms with E-state index in [1.165, 1.54) is 0 Å². The zero-order valence-electron chi connectivity index (χ0n) is 16.6. The number of hydrogen-bond donors (Lipinski definition) is 2. The highest BCUT2D eigenvalue weighted by Gasteiger charge is 2.38. The van der Waals surface area contributed by atoms with Crippen molar-refractivity contribution < 1.29 is 9.00 Å². The Bertz CT molecular complexity index is 824. The maximum absolute atomic E-state index is 12.5. The van der Waals surface area contributed by atoms with E-state index in [9.17, 15) is 9.00 Å². The molecule has 1 saturated heterocycles. The van der Waals surface area contributed by atoms with Crippen LogP contribution in [0.4, 0.5) is 10.5 Å². The lowest BCUT2D eigenvalue weighted by Crippen LogP contribution is -2.50. The number of rotatable bonds is 7. The first-order chi connectivity index (χ1) is 14.0. The van der Waals surface area contributed by atoms with Crippen molar-refractivity contribution >= 4 is 38.6 Å². The molecule has 0 bridgehead atoms. The minimum Gasteiger partial charge on any atom is -0.337 e. The van der Waals surface area contributed by atoms with Crippen LogP contribution in [0, 0.1) is 0 Å². The van der Waals surface area contributed by atoms with E-state index in [0.717, 1.165) is 48.2 Å². The Balaban J connectivity index is 1.66. The summed E-state index contributed by atoms with van der Waals surface area (Å²) in [6.45, 7) is 4.01. The van der Waals surface area contributed by atoms with Gasteiger partial charge >= 0.3 is 6.03 Å². The second kappa shape index (κ2) is 10.3. The third-order valence-electron chi connectivity index (χ3n) is 5.24. The van der Waals surface area contributed by atoms with E-state index >= 15 is 0 Å². The monoisotopic (exact) mass is 478 g/mol. The van der Waals surface area contributed by atoms with E-state index in [4.69, 9.17) is 0 Å². The molecule has 6 nitrogen and oxygen atoms in total. The number of benzene rings is 1. The summed E-state index contributed by atoms with van der Waals surface area (Å²) in [5.41, 5.74) is 1.46. The fourth-order valence-electron chi connectivity index (χ4n) is 3.58. The minimum absolute atomic E-state index is 0.236. The molecular weight excluding hydrogens is 452 g/mol. The van der Waals surface area contributed by atoms with Crippen LogP contribution in [0.2, 0.25) is 0 Å². The molecule has 0 saturated carbocycles. The lowest BCUT2D eigenvalue weighted by atomic mass is 9.75. The number of nitrogens with zero attached hydrogens (tertiary/aromatic N) is 2. The smallest absolute Gasteiger partial charge is 0.319 e. The third-order valence-corrected chi connectivity index (χ3v) is 7.47. The molecule has 0 aliphatic carbocycles. The molecule has 2 N–H and O–H groups in total. The average molecular weight is 479 g/mol. The molecule has 29 heavy (non-hydrogen) atoms. The number of carbonyl (C=O) groups excluding carboxylic acids is 1. The van der Waals surface area contributed by atoms with Gasteiger partial charge in [0.05, 0.1) is 11.0 Å². The molecule has 2 heterocycles. The van der Waals surface area contributed by atoms with Crippen LogP contribution >= 0.6 is 15.9 Å². The Kier molecular flexibility index (Phi) is 7.80. The van der Waals surface area contributed by atoms with Gasteiger partial charge in [-0.2, -0.15) is 0 Å². The van der Waals surface area contributed by atoms with Crippen LogP contribution in [0.3, 0.4) is 0 Å². The standard InChI is InChI=1S/C21H27BrN4O2S/c1-2-15-29(28)26-13-10-21(11-14-26,19-5-3-4-12-23-19)16-24-20(27)25-18-8-6-17(22)7-9-18/h3-9,12H,2,10-11,13-16H2,1H3,(H2,24,25,27). The SMILES string of the molecule is CCCS(=O)N1CCC(CNC(=O)Nc2ccc(Br)cc2)(c2ccccn2)CC1. The summed E-state index contributed by atoms with van der Waals surface area (Å²) in [7, 11) is -0.928. The summed E-state index contributed by atoms with van der Waals surface area (Å²) in [5, 5.41) is 5.90. The molecule has 8 heteroatoms. The Labute approximate surface area is 183 Å². The lowest BCUT2D eigenvalue weighted by Gasteiger charge is -2.41. The van der Waals surface area contributed by atoms with Crippen molar-refractivity contribution in [2.75, 3.05) is 30.7 Å². The number of amides is 2. The van der Waals surface area contributed by atoms with E-state index < -0.39 is 11.0 Å². The van der Waals surface area contributed by atoms with Crippen LogP contribution in [-0.2, 0) is 16.4 Å². The van der Waals surface area contributed by atoms with Gasteiger partial charge in [-0.1, -0.05) is 28.9 Å². The molecule has 1 aliphatic rings. The molecule has 0 spiro atoms. The second-order valence-electron chi connectivity index (χ2n) is 7.26. The molecule has 2 amide bonds. The van der Waals surface area contributed by atoms with Crippen LogP contribution in [0.5, 0.6) is 0 Å². The summed E-state index contributed by atoms with van der Waals surface area (Å²) in [6.07, 6.45) is 4.31. The predicted molar refractivity (Wildman–Crippen MR) is 121 cm³/mol. The summed E-state index contributed by atoms with van der Waals surface area (Å²) in [6, 6.07) is 13.1. The summed E-state index contributed by atoms with van der Waals surface area (Å²) in [4.78, 5) is 17.0. The fourth-order valence-corrected chi connectivity index (χ4v) is 5.04. The third kappa shape index (κ3) is 5.87. The van der Waals surface area contributed by atoms with Gasteiger partial charge in [-0.25, -0.2) is 13.3 Å². The van der Waals surface area contributed by atoms with Crippen molar-refractivity contribution in [2.24, 2.45) is 0 Å². The van der Waals surface area contributed by atoms with Crippen molar-refractivity contribution in [1.82, 2.24) is 14.6 Å². The molecule has 1 fully saturated rings. The number of pyridine rings is 1. The van der Waals surface area contributed by atoms with Crippen molar-refractivity contribution in [2.45, 2.75) is 31.6 Å². The first-order valence-corrected chi connectivity index (χ1v) is 11.9. The van der Waals surface area contributed by atoms with E-state index in [0.29, 0.717) is 12.3 Å². The molecule has 1 aliphatic heterocycles. The Hall–Kier alpha value is -1.77. The van der Waals surface area contributed by atoms with Crippen LogP contribution in [-0.4, -0.2) is 44.9 Å². The highest BCUT2D eigenvalue weighted by atomic mass is 79.9. The van der Waals surface area contributed by atoms with Crippen molar-refractivity contribution in [1.29, 1.82) is 0 Å². The van der Waals surface area contributed by atoms with E-state index in [-0.39, 0.29) is 11.4 Å². The van der Waals surface area contributed by atoms with Crippen molar-refractivity contribution in [3.8, 4) is 0 Å². The van der Waals surface area contributed by atoms with Gasteiger partial charge in [0.2, 0.25) is 0 Å². The Morgan fingerprint density at radius 1 is 1.21 bits per heavy atom. The first-order valence-electron chi connectivity index (χ1n) is 9.88. The van der Waals surface area contributed by atoms with Crippen molar-refractivity contribution in [3.05, 3.63) is 58.8 Å². The van der Waals surface area contributed by atoms with Crippen molar-refractivity contribution in [3.63, 3.8) is 0 Å². The Morgan fingerprint density at radius 3 is 2.55 bits per heavy atom. The average Bonchev–Trinajstić information content (AvgIpc) is 2.75. The zero-order chi connectivity index (χ0) is 20.7. The van der Waals surface area contributed by atoms with Crippen LogP contribution in [0.1, 0.15) is 31.9 Å². The largest absolute Gasteiger partial charge is 0.337 e. The number of carbonyl (C=O) groups is 1. The maximum atomic E-state index is 12.5. The molecule has 1 unspecified atom stereocenters. The van der Waals surface area contributed by atoms with E-state index in [2.05, 4.69) is 31.5 Å². The zero-order valence-corrected chi connectivity index (χ0v) is 19.0. The molecular formula is C21H27BrN4O2S. The van der Waals surface area contributed by atoms with E-state index in [1.54, 1.807) is 6.20 Å². The first kappa shape index (κ1) is 21.9. The second-order valence-corrected chi connectivity index (χ2v) is 9.75. The number of hydrogen-bond acceptors (Lipinski definition) is 3. The molecule has 1 atom stereocenters. The van der Waals surface area contributed by atoms with Gasteiger partial charge in [0, 0.05) is 52.9 Å². The number of anilines is 1. The van der Waals surface area contributed by atoms with Gasteiger partial charge in [0.15, 0.2) is 0 Å². The Morgan fingerprint density at radius 2 is 1.93 bits per heavy atom. The number of halogens is 1. The minimum atomic E-state index is -0.928. The van der Waals surface area contributed by atoms with Crippen LogP contribution < -0.4 is 10.6 Å². The number of urea groups is 1. The van der Waals surface area contributed by atoms with Crippen LogP contribution in [0.15, 0.2) is 53.1 Å². The predicted octanol–water partition coefficient (Wildman–Crippen LogP) is 4.07. The highest BCUT2D eigenvalue weighted by molar-refractivity contribution is 9.10. The van der Waals surface area contributed by atoms with Gasteiger partial charge in [-0.3, -0.25) is 4.98 Å². The quantitative estimate of drug-likeness (QED) is 0.629. The summed E-state index contributed by atoms with van der Waals surface area (Å²) < 4.78 is 15.4. The summed E-state index contributed by atoms with van der Waals surface area (Å²) >= 11 is 3.39. The number of nitrogens with one attached hydrogen (secondary N) is 2.